The van der Waals surface area contributed by atoms with E-state index in [9.17, 15) is 10.1 Å². The van der Waals surface area contributed by atoms with Gasteiger partial charge in [0.2, 0.25) is 0 Å². The monoisotopic (exact) mass is 429 g/mol. The lowest BCUT2D eigenvalue weighted by atomic mass is 9.86. The molecule has 0 aliphatic rings. The summed E-state index contributed by atoms with van der Waals surface area (Å²) in [7, 11) is 0. The second kappa shape index (κ2) is 12.7. The van der Waals surface area contributed by atoms with E-state index in [-0.39, 0.29) is 11.0 Å². The fraction of sp³-hybridized carbons (Fsp3) is 0.379. The molecule has 168 valence electrons. The minimum atomic E-state index is -0.570. The third kappa shape index (κ3) is 7.24. The highest BCUT2D eigenvalue weighted by atomic mass is 16.5. The first kappa shape index (κ1) is 25.1. The van der Waals surface area contributed by atoms with Crippen molar-refractivity contribution < 1.29 is 9.53 Å². The van der Waals surface area contributed by atoms with Gasteiger partial charge in [0.15, 0.2) is 0 Å². The molecule has 0 atom stereocenters. The molecular formula is C29H35NO2. The van der Waals surface area contributed by atoms with Crippen molar-refractivity contribution in [1.82, 2.24) is 0 Å². The number of allylic oxidation sites excluding steroid dienone is 2. The van der Waals surface area contributed by atoms with Crippen LogP contribution in [0, 0.1) is 16.7 Å². The molecule has 0 amide bonds. The molecule has 0 radical (unpaired) electrons. The first-order valence-corrected chi connectivity index (χ1v) is 11.6. The zero-order valence-corrected chi connectivity index (χ0v) is 19.9. The van der Waals surface area contributed by atoms with E-state index in [1.165, 1.54) is 18.4 Å². The number of rotatable bonds is 11. The van der Waals surface area contributed by atoms with Crippen LogP contribution in [0.25, 0.3) is 5.57 Å². The third-order valence-corrected chi connectivity index (χ3v) is 6.18. The maximum atomic E-state index is 12.5. The molecular weight excluding hydrogens is 394 g/mol. The lowest BCUT2D eigenvalue weighted by Gasteiger charge is -2.25. The van der Waals surface area contributed by atoms with Crippen molar-refractivity contribution in [1.29, 1.82) is 5.26 Å². The molecule has 0 saturated carbocycles. The Morgan fingerprint density at radius 2 is 1.59 bits per heavy atom. The molecule has 3 nitrogen and oxygen atoms in total. The summed E-state index contributed by atoms with van der Waals surface area (Å²) in [5.74, 6) is -0.570. The highest BCUT2D eigenvalue weighted by Crippen LogP contribution is 2.27. The van der Waals surface area contributed by atoms with Crippen molar-refractivity contribution in [3.63, 3.8) is 0 Å². The highest BCUT2D eigenvalue weighted by Gasteiger charge is 2.23. The summed E-state index contributed by atoms with van der Waals surface area (Å²) in [4.78, 5) is 12.5. The molecule has 2 rings (SSSR count). The van der Waals surface area contributed by atoms with Gasteiger partial charge in [-0.1, -0.05) is 94.8 Å². The van der Waals surface area contributed by atoms with Gasteiger partial charge < -0.3 is 4.74 Å². The summed E-state index contributed by atoms with van der Waals surface area (Å²) in [6.45, 7) is 8.77. The number of hydrogen-bond donors (Lipinski definition) is 0. The van der Waals surface area contributed by atoms with Gasteiger partial charge in [-0.05, 0) is 54.0 Å². The predicted molar refractivity (Wildman–Crippen MR) is 132 cm³/mol. The third-order valence-electron chi connectivity index (χ3n) is 6.18. The molecule has 3 heteroatoms. The number of ether oxygens (including phenoxy) is 1. The van der Waals surface area contributed by atoms with Crippen molar-refractivity contribution in [2.45, 2.75) is 59.8 Å². The highest BCUT2D eigenvalue weighted by molar-refractivity contribution is 5.94. The van der Waals surface area contributed by atoms with E-state index in [1.807, 2.05) is 42.5 Å². The molecule has 0 fully saturated rings. The van der Waals surface area contributed by atoms with E-state index in [1.54, 1.807) is 6.08 Å². The molecule has 0 aliphatic heterocycles. The predicted octanol–water partition coefficient (Wildman–Crippen LogP) is 7.28. The van der Waals surface area contributed by atoms with E-state index < -0.39 is 5.97 Å². The number of esters is 1. The number of aryl methyl sites for hydroxylation is 1. The Kier molecular flexibility index (Phi) is 9.95. The lowest BCUT2D eigenvalue weighted by Crippen LogP contribution is -2.24. The van der Waals surface area contributed by atoms with E-state index in [2.05, 4.69) is 52.0 Å². The molecule has 0 spiro atoms. The van der Waals surface area contributed by atoms with Crippen LogP contribution in [0.5, 0.6) is 0 Å². The molecule has 2 aromatic rings. The fourth-order valence-electron chi connectivity index (χ4n) is 3.30. The first-order chi connectivity index (χ1) is 15.5. The standard InChI is InChI=1S/C29H35NO2/c1-5-8-12-23-15-17-25(18-16-23)27(24-13-10-9-11-14-24)20-19-26(21-30)28(31)32-22-29(4,6-2)7-3/h9-11,13-20H,5-8,12,22H2,1-4H3/b26-19+,27-20+. The van der Waals surface area contributed by atoms with Crippen LogP contribution in [0.4, 0.5) is 0 Å². The molecule has 2 aromatic carbocycles. The van der Waals surface area contributed by atoms with Gasteiger partial charge in [-0.3, -0.25) is 0 Å². The van der Waals surface area contributed by atoms with Gasteiger partial charge in [-0.2, -0.15) is 5.26 Å². The summed E-state index contributed by atoms with van der Waals surface area (Å²) in [5, 5.41) is 9.56. The second-order valence-corrected chi connectivity index (χ2v) is 8.53. The smallest absolute Gasteiger partial charge is 0.348 e. The van der Waals surface area contributed by atoms with E-state index in [4.69, 9.17) is 4.74 Å². The van der Waals surface area contributed by atoms with E-state index >= 15 is 0 Å². The number of hydrogen-bond acceptors (Lipinski definition) is 3. The Bertz CT molecular complexity index is 958. The number of unbranched alkanes of at least 4 members (excludes halogenated alkanes) is 1. The van der Waals surface area contributed by atoms with Gasteiger partial charge in [0.1, 0.15) is 11.6 Å². The number of nitrogens with zero attached hydrogens (tertiary/aromatic N) is 1. The Labute approximate surface area is 193 Å². The number of carbonyl (C=O) groups is 1. The van der Waals surface area contributed by atoms with Gasteiger partial charge in [0.05, 0.1) is 6.61 Å². The minimum absolute atomic E-state index is 0.00699. The maximum absolute atomic E-state index is 12.5. The van der Waals surface area contributed by atoms with Crippen LogP contribution in [0.15, 0.2) is 72.3 Å². The largest absolute Gasteiger partial charge is 0.461 e. The number of carbonyl (C=O) groups excluding carboxylic acids is 1. The van der Waals surface area contributed by atoms with Gasteiger partial charge >= 0.3 is 5.97 Å². The van der Waals surface area contributed by atoms with Crippen LogP contribution in [0.3, 0.4) is 0 Å². The summed E-state index contributed by atoms with van der Waals surface area (Å²) < 4.78 is 5.48. The zero-order chi connectivity index (χ0) is 23.4. The maximum Gasteiger partial charge on any atom is 0.348 e. The van der Waals surface area contributed by atoms with Crippen LogP contribution in [-0.2, 0) is 16.0 Å². The second-order valence-electron chi connectivity index (χ2n) is 8.53. The molecule has 0 heterocycles. The van der Waals surface area contributed by atoms with Gasteiger partial charge in [0.25, 0.3) is 0 Å². The van der Waals surface area contributed by atoms with Gasteiger partial charge in [0, 0.05) is 5.41 Å². The van der Waals surface area contributed by atoms with Crippen molar-refractivity contribution in [3.8, 4) is 6.07 Å². The molecule has 0 aliphatic carbocycles. The first-order valence-electron chi connectivity index (χ1n) is 11.6. The van der Waals surface area contributed by atoms with E-state index in [0.29, 0.717) is 6.61 Å². The molecule has 32 heavy (non-hydrogen) atoms. The normalized spacial score (nSPS) is 12.3. The van der Waals surface area contributed by atoms with Crippen molar-refractivity contribution in [2.24, 2.45) is 5.41 Å². The quantitative estimate of drug-likeness (QED) is 0.163. The average molecular weight is 430 g/mol. The Balaban J connectivity index is 2.32. The molecule has 0 N–H and O–H groups in total. The summed E-state index contributed by atoms with van der Waals surface area (Å²) in [6.07, 6.45) is 8.65. The zero-order valence-electron chi connectivity index (χ0n) is 19.9. The van der Waals surface area contributed by atoms with Crippen LogP contribution >= 0.6 is 0 Å². The topological polar surface area (TPSA) is 50.1 Å². The Hall–Kier alpha value is -3.12. The average Bonchev–Trinajstić information content (AvgIpc) is 2.85. The van der Waals surface area contributed by atoms with Crippen LogP contribution in [0.1, 0.15) is 70.1 Å². The van der Waals surface area contributed by atoms with Crippen LogP contribution < -0.4 is 0 Å². The van der Waals surface area contributed by atoms with Gasteiger partial charge in [-0.15, -0.1) is 0 Å². The van der Waals surface area contributed by atoms with Crippen LogP contribution in [-0.4, -0.2) is 12.6 Å². The number of nitriles is 1. The van der Waals surface area contributed by atoms with Crippen LogP contribution in [0.2, 0.25) is 0 Å². The van der Waals surface area contributed by atoms with Crippen molar-refractivity contribution in [2.75, 3.05) is 6.61 Å². The summed E-state index contributed by atoms with van der Waals surface area (Å²) in [5.41, 5.74) is 4.28. The number of benzene rings is 2. The van der Waals surface area contributed by atoms with Crippen molar-refractivity contribution >= 4 is 11.5 Å². The summed E-state index contributed by atoms with van der Waals surface area (Å²) >= 11 is 0. The fourth-order valence-corrected chi connectivity index (χ4v) is 3.30. The molecule has 0 unspecified atom stereocenters. The van der Waals surface area contributed by atoms with E-state index in [0.717, 1.165) is 36.0 Å². The SMILES string of the molecule is CCCCc1ccc(/C(=C/C=C(\C#N)C(=O)OCC(C)(CC)CC)c2ccccc2)cc1. The molecule has 0 saturated heterocycles. The minimum Gasteiger partial charge on any atom is -0.461 e. The Morgan fingerprint density at radius 1 is 0.969 bits per heavy atom. The summed E-state index contributed by atoms with van der Waals surface area (Å²) in [6, 6.07) is 20.5. The van der Waals surface area contributed by atoms with Crippen molar-refractivity contribution in [3.05, 3.63) is 89.0 Å². The molecule has 0 aromatic heterocycles. The van der Waals surface area contributed by atoms with Gasteiger partial charge in [-0.25, -0.2) is 4.79 Å². The Morgan fingerprint density at radius 3 is 2.16 bits per heavy atom. The molecule has 0 bridgehead atoms. The lowest BCUT2D eigenvalue weighted by molar-refractivity contribution is -0.142.